The van der Waals surface area contributed by atoms with E-state index in [9.17, 15) is 24.6 Å². The first kappa shape index (κ1) is 15.4. The molecule has 21 heavy (non-hydrogen) atoms. The van der Waals surface area contributed by atoms with Crippen molar-refractivity contribution in [1.82, 2.24) is 9.88 Å². The Balaban J connectivity index is 2.36. The zero-order valence-corrected chi connectivity index (χ0v) is 12.2. The van der Waals surface area contributed by atoms with Gasteiger partial charge in [0.1, 0.15) is 6.04 Å². The lowest BCUT2D eigenvalue weighted by molar-refractivity contribution is -0.141. The number of rotatable bonds is 4. The molecule has 1 aliphatic rings. The van der Waals surface area contributed by atoms with Crippen molar-refractivity contribution in [3.63, 3.8) is 0 Å². The predicted octanol–water partition coefficient (Wildman–Crippen LogP) is 0.849. The highest BCUT2D eigenvalue weighted by Crippen LogP contribution is 2.33. The van der Waals surface area contributed by atoms with Crippen LogP contribution < -0.4 is 5.56 Å². The molecule has 2 rings (SSSR count). The quantitative estimate of drug-likeness (QED) is 0.760. The van der Waals surface area contributed by atoms with E-state index < -0.39 is 29.4 Å². The molecule has 0 bridgehead atoms. The van der Waals surface area contributed by atoms with Crippen LogP contribution in [0.25, 0.3) is 0 Å². The number of aromatic nitrogens is 1. The second-order valence-electron chi connectivity index (χ2n) is 4.76. The summed E-state index contributed by atoms with van der Waals surface area (Å²) in [5, 5.41) is 18.4. The molecule has 1 aliphatic heterocycles. The summed E-state index contributed by atoms with van der Waals surface area (Å²) < 4.78 is 0. The number of nitrogens with one attached hydrogen (secondary N) is 1. The number of carboxylic acids is 1. The van der Waals surface area contributed by atoms with E-state index in [0.29, 0.717) is 12.2 Å². The zero-order chi connectivity index (χ0) is 15.6. The molecule has 3 N–H and O–H groups in total. The number of aliphatic carboxylic acids is 1. The Bertz CT molecular complexity index is 615. The first-order valence-electron chi connectivity index (χ1n) is 6.54. The van der Waals surface area contributed by atoms with Crippen molar-refractivity contribution in [2.24, 2.45) is 0 Å². The van der Waals surface area contributed by atoms with E-state index in [1.54, 1.807) is 0 Å². The van der Waals surface area contributed by atoms with Crippen molar-refractivity contribution in [3.8, 4) is 5.88 Å². The van der Waals surface area contributed by atoms with Gasteiger partial charge in [0.15, 0.2) is 5.88 Å². The first-order valence-corrected chi connectivity index (χ1v) is 7.59. The zero-order valence-electron chi connectivity index (χ0n) is 11.4. The van der Waals surface area contributed by atoms with Crippen LogP contribution in [0.2, 0.25) is 0 Å². The number of amides is 1. The Morgan fingerprint density at radius 3 is 2.76 bits per heavy atom. The molecule has 114 valence electrons. The number of H-pyrrole nitrogens is 1. The lowest BCUT2D eigenvalue weighted by Gasteiger charge is -2.27. The van der Waals surface area contributed by atoms with Gasteiger partial charge in [-0.3, -0.25) is 14.6 Å². The summed E-state index contributed by atoms with van der Waals surface area (Å²) in [7, 11) is 0. The molecule has 8 heteroatoms. The highest BCUT2D eigenvalue weighted by molar-refractivity contribution is 8.00. The number of carbonyl (C=O) groups is 2. The van der Waals surface area contributed by atoms with Crippen LogP contribution in [0, 0.1) is 0 Å². The highest BCUT2D eigenvalue weighted by atomic mass is 32.2. The smallest absolute Gasteiger partial charge is 0.327 e. The van der Waals surface area contributed by atoms with Crippen LogP contribution in [0.4, 0.5) is 0 Å². The van der Waals surface area contributed by atoms with E-state index >= 15 is 0 Å². The minimum Gasteiger partial charge on any atom is -0.494 e. The van der Waals surface area contributed by atoms with Gasteiger partial charge in [-0.2, -0.15) is 0 Å². The Labute approximate surface area is 125 Å². The van der Waals surface area contributed by atoms with Gasteiger partial charge in [0, 0.05) is 17.9 Å². The van der Waals surface area contributed by atoms with Crippen molar-refractivity contribution < 1.29 is 19.8 Å². The van der Waals surface area contributed by atoms with Crippen molar-refractivity contribution >= 4 is 23.6 Å². The standard InChI is InChI=1S/C13H16N2O5S/c1-2-3-11-15(8(6-21-11)13(19)20)12(18)7-4-9(16)14-10(17)5-7/h4-5,8,11H,2-3,6H2,1H3,(H,19,20)(H2,14,16,17). The Morgan fingerprint density at radius 2 is 2.19 bits per heavy atom. The topological polar surface area (TPSA) is 111 Å². The van der Waals surface area contributed by atoms with E-state index in [1.807, 2.05) is 6.92 Å². The molecule has 1 amide bonds. The Kier molecular flexibility index (Phi) is 4.56. The van der Waals surface area contributed by atoms with E-state index in [0.717, 1.165) is 18.6 Å². The van der Waals surface area contributed by atoms with E-state index in [1.165, 1.54) is 16.7 Å². The maximum atomic E-state index is 12.5. The summed E-state index contributed by atoms with van der Waals surface area (Å²) in [4.78, 5) is 38.6. The molecule has 7 nitrogen and oxygen atoms in total. The fraction of sp³-hybridized carbons (Fsp3) is 0.462. The highest BCUT2D eigenvalue weighted by Gasteiger charge is 2.41. The van der Waals surface area contributed by atoms with Crippen molar-refractivity contribution in [1.29, 1.82) is 0 Å². The number of aromatic amines is 1. The third-order valence-electron chi connectivity index (χ3n) is 3.22. The number of aromatic hydroxyl groups is 1. The number of thioether (sulfide) groups is 1. The van der Waals surface area contributed by atoms with Gasteiger partial charge in [-0.1, -0.05) is 13.3 Å². The van der Waals surface area contributed by atoms with E-state index in [2.05, 4.69) is 4.98 Å². The van der Waals surface area contributed by atoms with Crippen LogP contribution >= 0.6 is 11.8 Å². The molecule has 1 aromatic heterocycles. The normalized spacial score (nSPS) is 21.5. The fourth-order valence-electron chi connectivity index (χ4n) is 2.30. The van der Waals surface area contributed by atoms with Crippen LogP contribution in [0.1, 0.15) is 30.1 Å². The first-order chi connectivity index (χ1) is 9.93. The van der Waals surface area contributed by atoms with E-state index in [-0.39, 0.29) is 10.9 Å². The number of pyridine rings is 1. The molecule has 0 aromatic carbocycles. The van der Waals surface area contributed by atoms with Crippen LogP contribution in [-0.2, 0) is 4.79 Å². The maximum absolute atomic E-state index is 12.5. The summed E-state index contributed by atoms with van der Waals surface area (Å²) in [5.74, 6) is -1.71. The molecule has 1 aromatic rings. The fourth-order valence-corrected chi connectivity index (χ4v) is 3.81. The molecule has 0 aliphatic carbocycles. The van der Waals surface area contributed by atoms with Gasteiger partial charge in [-0.15, -0.1) is 11.8 Å². The summed E-state index contributed by atoms with van der Waals surface area (Å²) in [5.41, 5.74) is -0.616. The van der Waals surface area contributed by atoms with Crippen molar-refractivity contribution in [3.05, 3.63) is 28.0 Å². The lowest BCUT2D eigenvalue weighted by atomic mass is 10.1. The van der Waals surface area contributed by atoms with Crippen LogP contribution in [0.3, 0.4) is 0 Å². The summed E-state index contributed by atoms with van der Waals surface area (Å²) in [6.07, 6.45) is 1.49. The Morgan fingerprint density at radius 1 is 1.48 bits per heavy atom. The number of carboxylic acid groups (broad SMARTS) is 1. The summed E-state index contributed by atoms with van der Waals surface area (Å²) in [6.45, 7) is 1.95. The minimum atomic E-state index is -1.07. The molecule has 0 radical (unpaired) electrons. The molecule has 1 saturated heterocycles. The predicted molar refractivity (Wildman–Crippen MR) is 77.5 cm³/mol. The SMILES string of the molecule is CCCC1SCC(C(=O)O)N1C(=O)c1cc(O)[nH]c(=O)c1. The second kappa shape index (κ2) is 6.21. The Hall–Kier alpha value is -1.96. The molecule has 0 spiro atoms. The number of nitrogens with zero attached hydrogens (tertiary/aromatic N) is 1. The van der Waals surface area contributed by atoms with Gasteiger partial charge in [-0.25, -0.2) is 4.79 Å². The molecule has 2 heterocycles. The number of carbonyl (C=O) groups excluding carboxylic acids is 1. The number of hydrogen-bond acceptors (Lipinski definition) is 5. The van der Waals surface area contributed by atoms with Crippen LogP contribution in [-0.4, -0.2) is 49.1 Å². The average molecular weight is 312 g/mol. The van der Waals surface area contributed by atoms with Gasteiger partial charge in [0.25, 0.3) is 11.5 Å². The minimum absolute atomic E-state index is 0.00824. The largest absolute Gasteiger partial charge is 0.494 e. The third kappa shape index (κ3) is 3.21. The van der Waals surface area contributed by atoms with Gasteiger partial charge in [0.05, 0.1) is 10.9 Å². The monoisotopic (exact) mass is 312 g/mol. The number of hydrogen-bond donors (Lipinski definition) is 3. The van der Waals surface area contributed by atoms with Crippen molar-refractivity contribution in [2.75, 3.05) is 5.75 Å². The summed E-state index contributed by atoms with van der Waals surface area (Å²) >= 11 is 1.42. The van der Waals surface area contributed by atoms with Crippen LogP contribution in [0.5, 0.6) is 5.88 Å². The van der Waals surface area contributed by atoms with Crippen LogP contribution in [0.15, 0.2) is 16.9 Å². The second-order valence-corrected chi connectivity index (χ2v) is 5.97. The molecule has 1 fully saturated rings. The van der Waals surface area contributed by atoms with Crippen molar-refractivity contribution in [2.45, 2.75) is 31.2 Å². The van der Waals surface area contributed by atoms with Gasteiger partial charge in [-0.05, 0) is 6.42 Å². The lowest BCUT2D eigenvalue weighted by Crippen LogP contribution is -2.45. The molecular weight excluding hydrogens is 296 g/mol. The van der Waals surface area contributed by atoms with Gasteiger partial charge in [0.2, 0.25) is 0 Å². The molecule has 2 unspecified atom stereocenters. The summed E-state index contributed by atoms with van der Waals surface area (Å²) in [6, 6.07) is 1.28. The molecule has 2 atom stereocenters. The van der Waals surface area contributed by atoms with E-state index in [4.69, 9.17) is 0 Å². The molecule has 0 saturated carbocycles. The molecular formula is C13H16N2O5S. The maximum Gasteiger partial charge on any atom is 0.327 e. The van der Waals surface area contributed by atoms with Gasteiger partial charge < -0.3 is 15.1 Å². The van der Waals surface area contributed by atoms with Gasteiger partial charge >= 0.3 is 5.97 Å². The third-order valence-corrected chi connectivity index (χ3v) is 4.58. The average Bonchev–Trinajstić information content (AvgIpc) is 2.81.